The number of rotatable bonds is 8. The fraction of sp³-hybridized carbons (Fsp3) is 0.467. The van der Waals surface area contributed by atoms with Gasteiger partial charge in [-0.05, 0) is 37.6 Å². The standard InChI is InChI=1S/C15H21FN2O5S/c1-4-11(2)17-14(19)10-23-15(20)9-18(3)24(21,22)13-7-5-12(16)6-8-13/h5-8,11H,4,9-10H2,1-3H3,(H,17,19). The lowest BCUT2D eigenvalue weighted by Crippen LogP contribution is -2.37. The Kier molecular flexibility index (Phi) is 7.30. The highest BCUT2D eigenvalue weighted by atomic mass is 32.2. The van der Waals surface area contributed by atoms with Crippen LogP contribution in [-0.4, -0.2) is 50.8 Å². The zero-order chi connectivity index (χ0) is 18.3. The summed E-state index contributed by atoms with van der Waals surface area (Å²) in [4.78, 5) is 23.0. The molecule has 1 unspecified atom stereocenters. The molecular weight excluding hydrogens is 339 g/mol. The summed E-state index contributed by atoms with van der Waals surface area (Å²) < 4.78 is 42.8. The molecule has 0 fully saturated rings. The largest absolute Gasteiger partial charge is 0.455 e. The fourth-order valence-corrected chi connectivity index (χ4v) is 2.78. The molecule has 134 valence electrons. The van der Waals surface area contributed by atoms with Crippen molar-refractivity contribution in [3.05, 3.63) is 30.1 Å². The van der Waals surface area contributed by atoms with Crippen molar-refractivity contribution in [1.82, 2.24) is 9.62 Å². The summed E-state index contributed by atoms with van der Waals surface area (Å²) in [6.45, 7) is 2.67. The van der Waals surface area contributed by atoms with Gasteiger partial charge in [0, 0.05) is 13.1 Å². The smallest absolute Gasteiger partial charge is 0.321 e. The quantitative estimate of drug-likeness (QED) is 0.696. The van der Waals surface area contributed by atoms with Crippen molar-refractivity contribution in [3.63, 3.8) is 0 Å². The number of nitrogens with one attached hydrogen (secondary N) is 1. The molecule has 0 heterocycles. The minimum atomic E-state index is -3.95. The average molecular weight is 360 g/mol. The van der Waals surface area contributed by atoms with Crippen molar-refractivity contribution in [2.45, 2.75) is 31.2 Å². The molecule has 0 saturated heterocycles. The van der Waals surface area contributed by atoms with Crippen LogP contribution in [0.15, 0.2) is 29.2 Å². The zero-order valence-corrected chi connectivity index (χ0v) is 14.6. The third-order valence-electron chi connectivity index (χ3n) is 3.26. The number of amides is 1. The first-order chi connectivity index (χ1) is 11.2. The molecule has 0 saturated carbocycles. The van der Waals surface area contributed by atoms with E-state index in [1.54, 1.807) is 0 Å². The van der Waals surface area contributed by atoms with E-state index in [9.17, 15) is 22.4 Å². The molecule has 0 aromatic heterocycles. The van der Waals surface area contributed by atoms with Crippen molar-refractivity contribution in [2.24, 2.45) is 0 Å². The number of sulfonamides is 1. The molecule has 1 aromatic carbocycles. The molecular formula is C15H21FN2O5S. The zero-order valence-electron chi connectivity index (χ0n) is 13.8. The number of benzene rings is 1. The number of carbonyl (C=O) groups excluding carboxylic acids is 2. The van der Waals surface area contributed by atoms with E-state index in [1.165, 1.54) is 7.05 Å². The molecule has 0 aliphatic rings. The van der Waals surface area contributed by atoms with Gasteiger partial charge in [-0.25, -0.2) is 12.8 Å². The van der Waals surface area contributed by atoms with Gasteiger partial charge in [-0.15, -0.1) is 0 Å². The predicted molar refractivity (Wildman–Crippen MR) is 85.1 cm³/mol. The molecule has 1 N–H and O–H groups in total. The third-order valence-corrected chi connectivity index (χ3v) is 5.08. The Bertz CT molecular complexity index is 676. The molecule has 0 aliphatic carbocycles. The molecule has 0 aliphatic heterocycles. The van der Waals surface area contributed by atoms with Gasteiger partial charge < -0.3 is 10.1 Å². The van der Waals surface area contributed by atoms with Crippen molar-refractivity contribution in [2.75, 3.05) is 20.2 Å². The molecule has 1 atom stereocenters. The Morgan fingerprint density at radius 3 is 2.42 bits per heavy atom. The first-order valence-corrected chi connectivity index (χ1v) is 8.77. The SMILES string of the molecule is CCC(C)NC(=O)COC(=O)CN(C)S(=O)(=O)c1ccc(F)cc1. The van der Waals surface area contributed by atoms with Crippen molar-refractivity contribution in [1.29, 1.82) is 0 Å². The number of halogens is 1. The highest BCUT2D eigenvalue weighted by molar-refractivity contribution is 7.89. The van der Waals surface area contributed by atoms with E-state index in [-0.39, 0.29) is 10.9 Å². The van der Waals surface area contributed by atoms with Gasteiger partial charge >= 0.3 is 5.97 Å². The van der Waals surface area contributed by atoms with Gasteiger partial charge in [0.25, 0.3) is 5.91 Å². The normalized spacial score (nSPS) is 12.7. The second-order valence-corrected chi connectivity index (χ2v) is 7.30. The lowest BCUT2D eigenvalue weighted by molar-refractivity contribution is -0.148. The van der Waals surface area contributed by atoms with Gasteiger partial charge in [-0.1, -0.05) is 6.92 Å². The molecule has 1 rings (SSSR count). The molecule has 0 bridgehead atoms. The molecule has 1 amide bonds. The molecule has 0 spiro atoms. The van der Waals surface area contributed by atoms with E-state index in [4.69, 9.17) is 4.74 Å². The maximum atomic E-state index is 12.9. The van der Waals surface area contributed by atoms with Gasteiger partial charge in [0.1, 0.15) is 12.4 Å². The van der Waals surface area contributed by atoms with E-state index in [0.29, 0.717) is 0 Å². The number of hydrogen-bond acceptors (Lipinski definition) is 5. The second-order valence-electron chi connectivity index (χ2n) is 5.25. The van der Waals surface area contributed by atoms with Crippen LogP contribution in [0.4, 0.5) is 4.39 Å². The lowest BCUT2D eigenvalue weighted by Gasteiger charge is -2.16. The lowest BCUT2D eigenvalue weighted by atomic mass is 10.2. The van der Waals surface area contributed by atoms with Crippen LogP contribution >= 0.6 is 0 Å². The summed E-state index contributed by atoms with van der Waals surface area (Å²) in [5.41, 5.74) is 0. The van der Waals surface area contributed by atoms with Crippen LogP contribution in [0, 0.1) is 5.82 Å². The minimum Gasteiger partial charge on any atom is -0.455 e. The number of ether oxygens (including phenoxy) is 1. The Balaban J connectivity index is 2.57. The van der Waals surface area contributed by atoms with Crippen LogP contribution in [0.25, 0.3) is 0 Å². The van der Waals surface area contributed by atoms with Crippen molar-refractivity contribution >= 4 is 21.9 Å². The van der Waals surface area contributed by atoms with E-state index in [2.05, 4.69) is 5.32 Å². The van der Waals surface area contributed by atoms with E-state index < -0.39 is 40.9 Å². The topological polar surface area (TPSA) is 92.8 Å². The van der Waals surface area contributed by atoms with E-state index in [0.717, 1.165) is 35.0 Å². The Morgan fingerprint density at radius 1 is 1.29 bits per heavy atom. The number of hydrogen-bond donors (Lipinski definition) is 1. The highest BCUT2D eigenvalue weighted by Gasteiger charge is 2.24. The number of nitrogens with zero attached hydrogens (tertiary/aromatic N) is 1. The maximum absolute atomic E-state index is 12.9. The van der Waals surface area contributed by atoms with Crippen LogP contribution in [-0.2, 0) is 24.3 Å². The maximum Gasteiger partial charge on any atom is 0.321 e. The average Bonchev–Trinajstić information content (AvgIpc) is 2.53. The Hall–Kier alpha value is -2.00. The summed E-state index contributed by atoms with van der Waals surface area (Å²) in [7, 11) is -2.75. The second kappa shape index (κ2) is 8.74. The highest BCUT2D eigenvalue weighted by Crippen LogP contribution is 2.14. The van der Waals surface area contributed by atoms with Gasteiger partial charge in [0.05, 0.1) is 4.90 Å². The Labute approximate surface area is 140 Å². The summed E-state index contributed by atoms with van der Waals surface area (Å²) >= 11 is 0. The molecule has 9 heteroatoms. The minimum absolute atomic E-state index is 0.0438. The first kappa shape index (κ1) is 20.0. The Morgan fingerprint density at radius 2 is 1.88 bits per heavy atom. The van der Waals surface area contributed by atoms with E-state index >= 15 is 0 Å². The van der Waals surface area contributed by atoms with Gasteiger partial charge in [0.2, 0.25) is 10.0 Å². The van der Waals surface area contributed by atoms with Crippen molar-refractivity contribution < 1.29 is 27.1 Å². The van der Waals surface area contributed by atoms with Crippen molar-refractivity contribution in [3.8, 4) is 0 Å². The summed E-state index contributed by atoms with van der Waals surface area (Å²) in [5, 5.41) is 2.62. The van der Waals surface area contributed by atoms with Gasteiger partial charge in [-0.2, -0.15) is 4.31 Å². The van der Waals surface area contributed by atoms with Crippen LogP contribution in [0.3, 0.4) is 0 Å². The van der Waals surface area contributed by atoms with Crippen LogP contribution in [0.2, 0.25) is 0 Å². The number of likely N-dealkylation sites (N-methyl/N-ethyl adjacent to an activating group) is 1. The summed E-state index contributed by atoms with van der Waals surface area (Å²) in [6.07, 6.45) is 0.734. The van der Waals surface area contributed by atoms with Crippen LogP contribution in [0.5, 0.6) is 0 Å². The third kappa shape index (κ3) is 5.89. The monoisotopic (exact) mass is 360 g/mol. The predicted octanol–water partition coefficient (Wildman–Crippen LogP) is 0.904. The van der Waals surface area contributed by atoms with Crippen LogP contribution < -0.4 is 5.32 Å². The molecule has 0 radical (unpaired) electrons. The number of esters is 1. The van der Waals surface area contributed by atoms with Crippen LogP contribution in [0.1, 0.15) is 20.3 Å². The van der Waals surface area contributed by atoms with Gasteiger partial charge in [0.15, 0.2) is 6.61 Å². The first-order valence-electron chi connectivity index (χ1n) is 7.33. The number of carbonyl (C=O) groups is 2. The summed E-state index contributed by atoms with van der Waals surface area (Å²) in [6, 6.07) is 4.19. The molecule has 7 nitrogen and oxygen atoms in total. The van der Waals surface area contributed by atoms with Gasteiger partial charge in [-0.3, -0.25) is 9.59 Å². The molecule has 1 aromatic rings. The van der Waals surface area contributed by atoms with E-state index in [1.807, 2.05) is 13.8 Å². The summed E-state index contributed by atoms with van der Waals surface area (Å²) in [5.74, 6) is -1.88. The molecule has 24 heavy (non-hydrogen) atoms. The fourth-order valence-electron chi connectivity index (χ4n) is 1.66.